The predicted octanol–water partition coefficient (Wildman–Crippen LogP) is 4.24. The zero-order valence-corrected chi connectivity index (χ0v) is 13.2. The quantitative estimate of drug-likeness (QED) is 0.852. The molecule has 0 fully saturated rings. The Morgan fingerprint density at radius 2 is 2.00 bits per heavy atom. The molecule has 0 spiro atoms. The van der Waals surface area contributed by atoms with Gasteiger partial charge in [0.15, 0.2) is 0 Å². The normalized spacial score (nSPS) is 11.1. The summed E-state index contributed by atoms with van der Waals surface area (Å²) in [4.78, 5) is 11.5. The van der Waals surface area contributed by atoms with E-state index in [0.29, 0.717) is 6.54 Å². The van der Waals surface area contributed by atoms with Gasteiger partial charge in [-0.3, -0.25) is 0 Å². The Hall–Kier alpha value is -0.550. The SMILES string of the molecule is CC(C)(C)OC(=O)NCc1cccc(Br)c1Br. The summed E-state index contributed by atoms with van der Waals surface area (Å²) in [6.07, 6.45) is -0.413. The number of carbonyl (C=O) groups excluding carboxylic acids is 1. The molecular weight excluding hydrogens is 350 g/mol. The number of amides is 1. The highest BCUT2D eigenvalue weighted by molar-refractivity contribution is 9.13. The molecule has 0 saturated carbocycles. The molecule has 0 aliphatic heterocycles. The van der Waals surface area contributed by atoms with Crippen molar-refractivity contribution in [1.29, 1.82) is 0 Å². The maximum Gasteiger partial charge on any atom is 0.407 e. The minimum absolute atomic E-state index is 0.413. The second kappa shape index (κ2) is 5.87. The molecule has 94 valence electrons. The Morgan fingerprint density at radius 1 is 1.35 bits per heavy atom. The third kappa shape index (κ3) is 5.08. The first-order chi connectivity index (χ1) is 7.79. The molecule has 3 nitrogen and oxygen atoms in total. The summed E-state index contributed by atoms with van der Waals surface area (Å²) < 4.78 is 7.05. The Kier molecular flexibility index (Phi) is 5.01. The summed E-state index contributed by atoms with van der Waals surface area (Å²) in [7, 11) is 0. The van der Waals surface area contributed by atoms with Crippen LogP contribution in [0.4, 0.5) is 4.79 Å². The lowest BCUT2D eigenvalue weighted by Crippen LogP contribution is -2.32. The molecule has 0 aliphatic carbocycles. The number of benzene rings is 1. The van der Waals surface area contributed by atoms with Gasteiger partial charge < -0.3 is 10.1 Å². The van der Waals surface area contributed by atoms with Crippen molar-refractivity contribution in [2.45, 2.75) is 32.9 Å². The molecule has 0 radical (unpaired) electrons. The Labute approximate surface area is 118 Å². The largest absolute Gasteiger partial charge is 0.444 e. The fraction of sp³-hybridized carbons (Fsp3) is 0.417. The van der Waals surface area contributed by atoms with Crippen LogP contribution in [-0.4, -0.2) is 11.7 Å². The topological polar surface area (TPSA) is 38.3 Å². The smallest absolute Gasteiger partial charge is 0.407 e. The van der Waals surface area contributed by atoms with Gasteiger partial charge in [0.2, 0.25) is 0 Å². The standard InChI is InChI=1S/C12H15Br2NO2/c1-12(2,3)17-11(16)15-7-8-5-4-6-9(13)10(8)14/h4-6H,7H2,1-3H3,(H,15,16). The van der Waals surface area contributed by atoms with Crippen molar-refractivity contribution in [3.05, 3.63) is 32.7 Å². The zero-order chi connectivity index (χ0) is 13.1. The first-order valence-electron chi connectivity index (χ1n) is 5.19. The maximum atomic E-state index is 11.5. The molecule has 0 aliphatic rings. The van der Waals surface area contributed by atoms with Crippen molar-refractivity contribution < 1.29 is 9.53 Å². The molecule has 17 heavy (non-hydrogen) atoms. The van der Waals surface area contributed by atoms with Crippen LogP contribution in [-0.2, 0) is 11.3 Å². The zero-order valence-electron chi connectivity index (χ0n) is 10.0. The lowest BCUT2D eigenvalue weighted by atomic mass is 10.2. The van der Waals surface area contributed by atoms with Gasteiger partial charge in [0.25, 0.3) is 0 Å². The Bertz CT molecular complexity index is 413. The van der Waals surface area contributed by atoms with Gasteiger partial charge in [0, 0.05) is 15.5 Å². The number of rotatable bonds is 2. The molecule has 0 saturated heterocycles. The van der Waals surface area contributed by atoms with Crippen molar-refractivity contribution >= 4 is 38.0 Å². The minimum atomic E-state index is -0.474. The van der Waals surface area contributed by atoms with E-state index in [1.165, 1.54) is 0 Å². The maximum absolute atomic E-state index is 11.5. The van der Waals surface area contributed by atoms with Crippen molar-refractivity contribution in [3.8, 4) is 0 Å². The van der Waals surface area contributed by atoms with Crippen LogP contribution in [0.1, 0.15) is 26.3 Å². The summed E-state index contributed by atoms with van der Waals surface area (Å²) in [5, 5.41) is 2.71. The van der Waals surface area contributed by atoms with Gasteiger partial charge in [-0.2, -0.15) is 0 Å². The van der Waals surface area contributed by atoms with Crippen molar-refractivity contribution in [3.63, 3.8) is 0 Å². The third-order valence-electron chi connectivity index (χ3n) is 1.85. The van der Waals surface area contributed by atoms with E-state index in [0.717, 1.165) is 14.5 Å². The Morgan fingerprint density at radius 3 is 2.59 bits per heavy atom. The number of hydrogen-bond donors (Lipinski definition) is 1. The van der Waals surface area contributed by atoms with Crippen molar-refractivity contribution in [2.75, 3.05) is 0 Å². The molecule has 1 N–H and O–H groups in total. The van der Waals surface area contributed by atoms with Gasteiger partial charge in [0.1, 0.15) is 5.60 Å². The van der Waals surface area contributed by atoms with Crippen LogP contribution >= 0.6 is 31.9 Å². The van der Waals surface area contributed by atoms with Crippen LogP contribution in [0.25, 0.3) is 0 Å². The lowest BCUT2D eigenvalue weighted by Gasteiger charge is -2.19. The number of halogens is 2. The highest BCUT2D eigenvalue weighted by Crippen LogP contribution is 2.26. The first-order valence-corrected chi connectivity index (χ1v) is 6.78. The number of carbonyl (C=O) groups is 1. The number of nitrogens with one attached hydrogen (secondary N) is 1. The highest BCUT2D eigenvalue weighted by Gasteiger charge is 2.16. The van der Waals surface area contributed by atoms with Crippen molar-refractivity contribution in [1.82, 2.24) is 5.32 Å². The molecule has 1 rings (SSSR count). The fourth-order valence-electron chi connectivity index (χ4n) is 1.17. The molecule has 1 aromatic rings. The first kappa shape index (κ1) is 14.5. The third-order valence-corrected chi connectivity index (χ3v) is 3.98. The van der Waals surface area contributed by atoms with E-state index < -0.39 is 11.7 Å². The molecule has 0 unspecified atom stereocenters. The average Bonchev–Trinajstić information content (AvgIpc) is 2.18. The number of hydrogen-bond acceptors (Lipinski definition) is 2. The van der Waals surface area contributed by atoms with E-state index in [1.807, 2.05) is 39.0 Å². The van der Waals surface area contributed by atoms with Crippen LogP contribution in [0, 0.1) is 0 Å². The van der Waals surface area contributed by atoms with E-state index in [2.05, 4.69) is 37.2 Å². The Balaban J connectivity index is 2.56. The molecular formula is C12H15Br2NO2. The molecule has 0 heterocycles. The summed E-state index contributed by atoms with van der Waals surface area (Å²) in [5.74, 6) is 0. The van der Waals surface area contributed by atoms with E-state index in [-0.39, 0.29) is 0 Å². The monoisotopic (exact) mass is 363 g/mol. The average molecular weight is 365 g/mol. The van der Waals surface area contributed by atoms with Gasteiger partial charge in [-0.05, 0) is 64.3 Å². The van der Waals surface area contributed by atoms with E-state index in [1.54, 1.807) is 0 Å². The highest BCUT2D eigenvalue weighted by atomic mass is 79.9. The molecule has 0 atom stereocenters. The van der Waals surface area contributed by atoms with Gasteiger partial charge in [0.05, 0.1) is 0 Å². The van der Waals surface area contributed by atoms with E-state index >= 15 is 0 Å². The fourth-order valence-corrected chi connectivity index (χ4v) is 1.98. The van der Waals surface area contributed by atoms with Crippen LogP contribution in [0.5, 0.6) is 0 Å². The molecule has 0 aromatic heterocycles. The second-order valence-electron chi connectivity index (χ2n) is 4.57. The second-order valence-corrected chi connectivity index (χ2v) is 6.22. The van der Waals surface area contributed by atoms with Gasteiger partial charge >= 0.3 is 6.09 Å². The molecule has 0 bridgehead atoms. The molecule has 1 aromatic carbocycles. The summed E-state index contributed by atoms with van der Waals surface area (Å²) >= 11 is 6.86. The minimum Gasteiger partial charge on any atom is -0.444 e. The van der Waals surface area contributed by atoms with E-state index in [9.17, 15) is 4.79 Å². The summed E-state index contributed by atoms with van der Waals surface area (Å²) in [6, 6.07) is 5.79. The van der Waals surface area contributed by atoms with Gasteiger partial charge in [-0.25, -0.2) is 4.79 Å². The van der Waals surface area contributed by atoms with Gasteiger partial charge in [-0.15, -0.1) is 0 Å². The van der Waals surface area contributed by atoms with Gasteiger partial charge in [-0.1, -0.05) is 12.1 Å². The van der Waals surface area contributed by atoms with Crippen LogP contribution in [0.15, 0.2) is 27.1 Å². The number of ether oxygens (including phenoxy) is 1. The van der Waals surface area contributed by atoms with E-state index in [4.69, 9.17) is 4.74 Å². The van der Waals surface area contributed by atoms with Crippen LogP contribution in [0.3, 0.4) is 0 Å². The summed E-state index contributed by atoms with van der Waals surface area (Å²) in [6.45, 7) is 5.93. The molecule has 5 heteroatoms. The summed E-state index contributed by atoms with van der Waals surface area (Å²) in [5.41, 5.74) is 0.517. The van der Waals surface area contributed by atoms with Crippen LogP contribution < -0.4 is 5.32 Å². The lowest BCUT2D eigenvalue weighted by molar-refractivity contribution is 0.0523. The molecule has 1 amide bonds. The van der Waals surface area contributed by atoms with Crippen molar-refractivity contribution in [2.24, 2.45) is 0 Å². The number of alkyl carbamates (subject to hydrolysis) is 1. The van der Waals surface area contributed by atoms with Crippen LogP contribution in [0.2, 0.25) is 0 Å². The predicted molar refractivity (Wildman–Crippen MR) is 74.9 cm³/mol.